The Morgan fingerprint density at radius 1 is 1.30 bits per heavy atom. The summed E-state index contributed by atoms with van der Waals surface area (Å²) in [5.41, 5.74) is 0.344. The molecule has 3 N–H and O–H groups in total. The lowest BCUT2D eigenvalue weighted by Crippen LogP contribution is -1.95. The van der Waals surface area contributed by atoms with E-state index >= 15 is 0 Å². The van der Waals surface area contributed by atoms with Crippen molar-refractivity contribution in [3.8, 4) is 0 Å². The molecule has 0 bridgehead atoms. The Bertz CT molecular complexity index is 122. The van der Waals surface area contributed by atoms with E-state index in [1.807, 2.05) is 0 Å². The minimum Gasteiger partial charge on any atom is -0.313 e. The van der Waals surface area contributed by atoms with Gasteiger partial charge in [-0.15, -0.1) is 24.0 Å². The molecular formula is C6H12IN3. The van der Waals surface area contributed by atoms with Crippen molar-refractivity contribution in [2.75, 3.05) is 0 Å². The van der Waals surface area contributed by atoms with E-state index in [-0.39, 0.29) is 24.0 Å². The number of hydrogen-bond donors (Lipinski definition) is 3. The Balaban J connectivity index is 0. The van der Waals surface area contributed by atoms with Crippen molar-refractivity contribution in [1.82, 2.24) is 0 Å². The van der Waals surface area contributed by atoms with Gasteiger partial charge in [-0.3, -0.25) is 0 Å². The first kappa shape index (κ1) is 12.4. The van der Waals surface area contributed by atoms with Gasteiger partial charge in [-0.1, -0.05) is 0 Å². The second-order valence-electron chi connectivity index (χ2n) is 1.77. The molecule has 10 heavy (non-hydrogen) atoms. The predicted molar refractivity (Wildman–Crippen MR) is 54.6 cm³/mol. The molecule has 0 aromatic carbocycles. The summed E-state index contributed by atoms with van der Waals surface area (Å²) in [6.45, 7) is 0. The van der Waals surface area contributed by atoms with Crippen molar-refractivity contribution in [3.63, 3.8) is 0 Å². The maximum absolute atomic E-state index is 7.00. The summed E-state index contributed by atoms with van der Waals surface area (Å²) in [4.78, 5) is 0. The molecule has 0 saturated carbocycles. The number of unbranched alkanes of at least 4 members (excludes halogenated alkanes) is 1. The van der Waals surface area contributed by atoms with E-state index in [9.17, 15) is 0 Å². The summed E-state index contributed by atoms with van der Waals surface area (Å²) in [6, 6.07) is 0. The molecule has 0 aromatic rings. The molecule has 0 aromatic heterocycles. The van der Waals surface area contributed by atoms with Gasteiger partial charge in [0.15, 0.2) is 0 Å². The molecule has 0 aliphatic rings. The fourth-order valence-electron chi connectivity index (χ4n) is 0.467. The number of halogens is 1. The van der Waals surface area contributed by atoms with E-state index in [1.54, 1.807) is 0 Å². The number of rotatable bonds is 5. The van der Waals surface area contributed by atoms with Crippen LogP contribution in [0.4, 0.5) is 0 Å². The Labute approximate surface area is 77.8 Å². The van der Waals surface area contributed by atoms with Crippen LogP contribution in [0.15, 0.2) is 0 Å². The standard InChI is InChI=1S/C6H11N3.HI/c7-4-2-1-3-6(9)5-8;/h4-5,7-9H,1-3H2;1H. The fourth-order valence-corrected chi connectivity index (χ4v) is 0.467. The smallest absolute Gasteiger partial charge is 0.0489 e. The van der Waals surface area contributed by atoms with Gasteiger partial charge in [-0.2, -0.15) is 0 Å². The van der Waals surface area contributed by atoms with Gasteiger partial charge in [-0.25, -0.2) is 0 Å². The molecule has 0 aliphatic heterocycles. The van der Waals surface area contributed by atoms with Crippen LogP contribution in [0.1, 0.15) is 19.3 Å². The van der Waals surface area contributed by atoms with Gasteiger partial charge in [0.1, 0.15) is 0 Å². The Hall–Kier alpha value is -0.260. The zero-order chi connectivity index (χ0) is 7.11. The van der Waals surface area contributed by atoms with E-state index < -0.39 is 0 Å². The molecular weight excluding hydrogens is 241 g/mol. The van der Waals surface area contributed by atoms with Gasteiger partial charge in [0.05, 0.1) is 0 Å². The monoisotopic (exact) mass is 253 g/mol. The average Bonchev–Trinajstić information content (AvgIpc) is 1.89. The van der Waals surface area contributed by atoms with Crippen molar-refractivity contribution in [2.24, 2.45) is 0 Å². The molecule has 0 atom stereocenters. The van der Waals surface area contributed by atoms with E-state index in [0.29, 0.717) is 12.1 Å². The molecule has 0 rings (SSSR count). The molecule has 0 amide bonds. The lowest BCUT2D eigenvalue weighted by atomic mass is 10.2. The van der Waals surface area contributed by atoms with Crippen molar-refractivity contribution in [2.45, 2.75) is 19.3 Å². The lowest BCUT2D eigenvalue weighted by Gasteiger charge is -1.91. The molecule has 0 heterocycles. The molecule has 3 nitrogen and oxygen atoms in total. The zero-order valence-electron chi connectivity index (χ0n) is 5.68. The third-order valence-corrected chi connectivity index (χ3v) is 0.969. The van der Waals surface area contributed by atoms with Crippen LogP contribution >= 0.6 is 24.0 Å². The predicted octanol–water partition coefficient (Wildman–Crippen LogP) is 2.09. The Kier molecular flexibility index (Phi) is 10.9. The molecule has 0 aliphatic carbocycles. The molecule has 4 heteroatoms. The van der Waals surface area contributed by atoms with Crippen molar-refractivity contribution in [3.05, 3.63) is 0 Å². The lowest BCUT2D eigenvalue weighted by molar-refractivity contribution is 0.931. The molecule has 0 spiro atoms. The second-order valence-corrected chi connectivity index (χ2v) is 1.77. The van der Waals surface area contributed by atoms with E-state index in [1.165, 1.54) is 6.21 Å². The molecule has 0 radical (unpaired) electrons. The summed E-state index contributed by atoms with van der Waals surface area (Å²) in [7, 11) is 0. The topological polar surface area (TPSA) is 71.6 Å². The van der Waals surface area contributed by atoms with Crippen LogP contribution in [-0.4, -0.2) is 18.1 Å². The normalized spacial score (nSPS) is 7.60. The van der Waals surface area contributed by atoms with Crippen LogP contribution in [0.5, 0.6) is 0 Å². The highest BCUT2D eigenvalue weighted by atomic mass is 127. The van der Waals surface area contributed by atoms with E-state index in [0.717, 1.165) is 19.1 Å². The highest BCUT2D eigenvalue weighted by Crippen LogP contribution is 1.91. The van der Waals surface area contributed by atoms with E-state index in [4.69, 9.17) is 16.2 Å². The molecule has 0 saturated heterocycles. The quantitative estimate of drug-likeness (QED) is 0.381. The van der Waals surface area contributed by atoms with Crippen LogP contribution in [0, 0.1) is 16.2 Å². The number of hydrogen-bond acceptors (Lipinski definition) is 3. The minimum atomic E-state index is 0. The van der Waals surface area contributed by atoms with Gasteiger partial charge in [-0.05, 0) is 25.5 Å². The Morgan fingerprint density at radius 2 is 1.90 bits per heavy atom. The van der Waals surface area contributed by atoms with Crippen LogP contribution in [0.3, 0.4) is 0 Å². The van der Waals surface area contributed by atoms with E-state index in [2.05, 4.69) is 0 Å². The average molecular weight is 253 g/mol. The number of nitrogens with one attached hydrogen (secondary N) is 3. The minimum absolute atomic E-state index is 0. The van der Waals surface area contributed by atoms with Gasteiger partial charge < -0.3 is 16.2 Å². The first-order chi connectivity index (χ1) is 4.31. The van der Waals surface area contributed by atoms with Crippen LogP contribution < -0.4 is 0 Å². The van der Waals surface area contributed by atoms with Gasteiger partial charge in [0.2, 0.25) is 0 Å². The van der Waals surface area contributed by atoms with Crippen LogP contribution in [-0.2, 0) is 0 Å². The maximum atomic E-state index is 7.00. The Morgan fingerprint density at radius 3 is 2.30 bits per heavy atom. The molecule has 58 valence electrons. The first-order valence-electron chi connectivity index (χ1n) is 2.88. The summed E-state index contributed by atoms with van der Waals surface area (Å²) >= 11 is 0. The summed E-state index contributed by atoms with van der Waals surface area (Å²) in [6.07, 6.45) is 4.54. The summed E-state index contributed by atoms with van der Waals surface area (Å²) < 4.78 is 0. The van der Waals surface area contributed by atoms with Gasteiger partial charge >= 0.3 is 0 Å². The summed E-state index contributed by atoms with van der Waals surface area (Å²) in [5.74, 6) is 0. The van der Waals surface area contributed by atoms with Gasteiger partial charge in [0.25, 0.3) is 0 Å². The van der Waals surface area contributed by atoms with Crippen LogP contribution in [0.2, 0.25) is 0 Å². The van der Waals surface area contributed by atoms with Crippen molar-refractivity contribution in [1.29, 1.82) is 16.2 Å². The molecule has 0 fully saturated rings. The van der Waals surface area contributed by atoms with Gasteiger partial charge in [0, 0.05) is 11.9 Å². The highest BCUT2D eigenvalue weighted by Gasteiger charge is 1.88. The fraction of sp³-hybridized carbons (Fsp3) is 0.500. The second kappa shape index (κ2) is 8.74. The van der Waals surface area contributed by atoms with Crippen LogP contribution in [0.25, 0.3) is 0 Å². The maximum Gasteiger partial charge on any atom is 0.0489 e. The third-order valence-electron chi connectivity index (χ3n) is 0.969. The molecule has 0 unspecified atom stereocenters. The zero-order valence-corrected chi connectivity index (χ0v) is 8.01. The third kappa shape index (κ3) is 7.74. The first-order valence-corrected chi connectivity index (χ1v) is 2.88. The van der Waals surface area contributed by atoms with Crippen molar-refractivity contribution >= 4 is 42.1 Å². The van der Waals surface area contributed by atoms with Crippen molar-refractivity contribution < 1.29 is 0 Å². The highest BCUT2D eigenvalue weighted by molar-refractivity contribution is 14.0. The summed E-state index contributed by atoms with van der Waals surface area (Å²) in [5, 5.41) is 20.3. The largest absolute Gasteiger partial charge is 0.313 e. The SMILES string of the molecule is I.N=CCCCC(=N)C=N.